The molecule has 0 unspecified atom stereocenters. The van der Waals surface area contributed by atoms with Gasteiger partial charge in [-0.1, -0.05) is 44.2 Å². The molecule has 42 heavy (non-hydrogen) atoms. The Morgan fingerprint density at radius 2 is 1.69 bits per heavy atom. The molecule has 7 heteroatoms. The molecule has 3 heterocycles. The lowest BCUT2D eigenvalue weighted by atomic mass is 9.61. The molecule has 230 valence electrons. The average molecular weight is 574 g/mol. The smallest absolute Gasteiger partial charge is 0.132 e. The van der Waals surface area contributed by atoms with Crippen LogP contribution in [-0.2, 0) is 0 Å². The summed E-state index contributed by atoms with van der Waals surface area (Å²) in [6, 6.07) is 13.6. The van der Waals surface area contributed by atoms with Crippen LogP contribution in [0.3, 0.4) is 0 Å². The van der Waals surface area contributed by atoms with E-state index in [1.165, 1.54) is 59.2 Å². The number of rotatable bonds is 6. The van der Waals surface area contributed by atoms with Crippen LogP contribution < -0.4 is 16.4 Å². The van der Waals surface area contributed by atoms with E-state index in [4.69, 9.17) is 16.5 Å². The number of hydrogen-bond donors (Lipinski definition) is 2. The highest BCUT2D eigenvalue weighted by Gasteiger charge is 2.52. The predicted molar refractivity (Wildman–Crippen MR) is 182 cm³/mol. The molecule has 3 saturated heterocycles. The van der Waals surface area contributed by atoms with E-state index in [-0.39, 0.29) is 0 Å². The summed E-state index contributed by atoms with van der Waals surface area (Å²) in [4.78, 5) is 16.8. The first-order valence-corrected chi connectivity index (χ1v) is 16.2. The topological polar surface area (TPSA) is 86.5 Å². The Morgan fingerprint density at radius 3 is 2.24 bits per heavy atom. The van der Waals surface area contributed by atoms with Crippen LogP contribution in [0.2, 0.25) is 0 Å². The van der Waals surface area contributed by atoms with E-state index in [2.05, 4.69) is 90.6 Å². The fourth-order valence-electron chi connectivity index (χ4n) is 6.84. The lowest BCUT2D eigenvalue weighted by Gasteiger charge is -2.59. The highest BCUT2D eigenvalue weighted by molar-refractivity contribution is 6.06. The number of likely N-dealkylation sites (tertiary alicyclic amines) is 2. The quantitative estimate of drug-likeness (QED) is 0.439. The van der Waals surface area contributed by atoms with Gasteiger partial charge >= 0.3 is 0 Å². The normalized spacial score (nSPS) is 22.2. The van der Waals surface area contributed by atoms with Crippen LogP contribution in [0.4, 0.5) is 5.69 Å². The van der Waals surface area contributed by atoms with Crippen LogP contribution in [0.5, 0.6) is 0 Å². The maximum atomic E-state index is 6.07. The number of anilines is 1. The number of aryl methyl sites for hydroxylation is 1. The SMILES string of the molecule is C=N/C(=C1/CCN(c2cccc3cccc(C)c23)CC1=NCCC)N1CC2(CC(N)C2)C1.CCCN.CN1CCCC1. The fraction of sp³-hybridized carbons (Fsp3) is 0.600. The maximum Gasteiger partial charge on any atom is 0.132 e. The van der Waals surface area contributed by atoms with Crippen LogP contribution in [0.25, 0.3) is 10.8 Å². The van der Waals surface area contributed by atoms with Gasteiger partial charge in [-0.3, -0.25) is 4.99 Å². The molecule has 0 bridgehead atoms. The van der Waals surface area contributed by atoms with Gasteiger partial charge in [-0.05, 0) is 102 Å². The maximum absolute atomic E-state index is 6.07. The van der Waals surface area contributed by atoms with Gasteiger partial charge in [-0.25, -0.2) is 4.99 Å². The lowest BCUT2D eigenvalue weighted by Crippen LogP contribution is -2.64. The predicted octanol–water partition coefficient (Wildman–Crippen LogP) is 5.61. The van der Waals surface area contributed by atoms with Crippen LogP contribution in [0.15, 0.2) is 57.8 Å². The zero-order chi connectivity index (χ0) is 30.1. The molecule has 0 atom stereocenters. The first-order chi connectivity index (χ1) is 20.3. The summed E-state index contributed by atoms with van der Waals surface area (Å²) in [5.41, 5.74) is 16.6. The average Bonchev–Trinajstić information content (AvgIpc) is 3.46. The molecular weight excluding hydrogens is 518 g/mol. The van der Waals surface area contributed by atoms with Gasteiger partial charge in [0.15, 0.2) is 0 Å². The number of benzene rings is 2. The summed E-state index contributed by atoms with van der Waals surface area (Å²) >= 11 is 0. The summed E-state index contributed by atoms with van der Waals surface area (Å²) in [6.45, 7) is 18.6. The molecule has 1 aliphatic carbocycles. The first-order valence-electron chi connectivity index (χ1n) is 16.2. The van der Waals surface area contributed by atoms with Gasteiger partial charge in [0.1, 0.15) is 5.82 Å². The van der Waals surface area contributed by atoms with Gasteiger partial charge < -0.3 is 26.2 Å². The van der Waals surface area contributed by atoms with Crippen molar-refractivity contribution in [2.45, 2.75) is 71.8 Å². The zero-order valence-corrected chi connectivity index (χ0v) is 26.7. The van der Waals surface area contributed by atoms with Crippen molar-refractivity contribution < 1.29 is 0 Å². The van der Waals surface area contributed by atoms with Gasteiger partial charge in [0.25, 0.3) is 0 Å². The summed E-state index contributed by atoms with van der Waals surface area (Å²) in [6.07, 6.45) is 8.21. The van der Waals surface area contributed by atoms with Crippen LogP contribution in [0.1, 0.15) is 64.4 Å². The van der Waals surface area contributed by atoms with E-state index in [0.717, 1.165) is 77.2 Å². The molecule has 4 fully saturated rings. The lowest BCUT2D eigenvalue weighted by molar-refractivity contribution is -0.0520. The van der Waals surface area contributed by atoms with Gasteiger partial charge in [0.2, 0.25) is 0 Å². The second kappa shape index (κ2) is 15.1. The Balaban J connectivity index is 0.000000346. The van der Waals surface area contributed by atoms with Crippen molar-refractivity contribution in [1.82, 2.24) is 9.80 Å². The minimum Gasteiger partial charge on any atom is -0.365 e. The third-order valence-electron chi connectivity index (χ3n) is 9.06. The van der Waals surface area contributed by atoms with Crippen molar-refractivity contribution in [3.8, 4) is 0 Å². The van der Waals surface area contributed by atoms with Crippen LogP contribution >= 0.6 is 0 Å². The Kier molecular flexibility index (Phi) is 11.6. The van der Waals surface area contributed by atoms with Gasteiger partial charge in [0.05, 0.1) is 12.3 Å². The fourth-order valence-corrected chi connectivity index (χ4v) is 6.84. The minimum absolute atomic E-state index is 0.388. The molecule has 2 aromatic rings. The van der Waals surface area contributed by atoms with Gasteiger partial charge in [-0.2, -0.15) is 0 Å². The number of piperidine rings is 1. The molecule has 4 aliphatic rings. The van der Waals surface area contributed by atoms with Crippen molar-refractivity contribution in [1.29, 1.82) is 0 Å². The summed E-state index contributed by atoms with van der Waals surface area (Å²) < 4.78 is 0. The standard InChI is InChI=1S/C27H35N5.C5H11N.C3H9N/c1-4-12-30-23-16-31(24-10-6-9-20-8-5-7-19(2)25(20)24)13-11-22(23)26(29-3)32-17-27(18-32)14-21(28)15-27;1-6-4-2-3-5-6;1-2-3-4/h5-10,21H,3-4,11-18,28H2,1-2H3;2-5H2,1H3;2-4H2,1H3/b26-22+,30-23?;;. The third kappa shape index (κ3) is 7.61. The monoisotopic (exact) mass is 573 g/mol. The molecule has 0 aromatic heterocycles. The largest absolute Gasteiger partial charge is 0.365 e. The summed E-state index contributed by atoms with van der Waals surface area (Å²) in [7, 11) is 2.17. The van der Waals surface area contributed by atoms with E-state index >= 15 is 0 Å². The van der Waals surface area contributed by atoms with E-state index in [1.54, 1.807) is 0 Å². The number of nitrogens with zero attached hydrogens (tertiary/aromatic N) is 5. The van der Waals surface area contributed by atoms with E-state index in [0.29, 0.717) is 11.5 Å². The molecule has 0 radical (unpaired) electrons. The van der Waals surface area contributed by atoms with Crippen molar-refractivity contribution >= 4 is 28.9 Å². The number of aliphatic imine (C=N–C) groups is 2. The second-order valence-corrected chi connectivity index (χ2v) is 12.7. The third-order valence-corrected chi connectivity index (χ3v) is 9.06. The van der Waals surface area contributed by atoms with Crippen LogP contribution in [0, 0.1) is 12.3 Å². The highest BCUT2D eigenvalue weighted by atomic mass is 15.3. The zero-order valence-electron chi connectivity index (χ0n) is 26.7. The Bertz CT molecular complexity index is 1220. The summed E-state index contributed by atoms with van der Waals surface area (Å²) in [5.74, 6) is 1.06. The Labute approximate surface area is 254 Å². The molecule has 1 saturated carbocycles. The molecule has 6 rings (SSSR count). The first kappa shape index (κ1) is 32.2. The molecular formula is C35H55N7. The Morgan fingerprint density at radius 1 is 1.02 bits per heavy atom. The van der Waals surface area contributed by atoms with Crippen LogP contribution in [-0.4, -0.2) is 87.7 Å². The van der Waals surface area contributed by atoms with Crippen molar-refractivity contribution in [2.75, 3.05) is 64.3 Å². The molecule has 4 N–H and O–H groups in total. The van der Waals surface area contributed by atoms with Crippen molar-refractivity contribution in [3.05, 3.63) is 53.4 Å². The number of fused-ring (bicyclic) bond motifs is 1. The van der Waals surface area contributed by atoms with Crippen molar-refractivity contribution in [3.63, 3.8) is 0 Å². The van der Waals surface area contributed by atoms with E-state index in [9.17, 15) is 0 Å². The minimum atomic E-state index is 0.388. The molecule has 1 spiro atoms. The number of nitrogens with two attached hydrogens (primary N) is 2. The molecule has 0 amide bonds. The second-order valence-electron chi connectivity index (χ2n) is 12.7. The molecule has 2 aromatic carbocycles. The highest BCUT2D eigenvalue weighted by Crippen LogP contribution is 2.49. The molecule has 3 aliphatic heterocycles. The Hall–Kier alpha value is -2.74. The summed E-state index contributed by atoms with van der Waals surface area (Å²) in [5, 5.41) is 2.65. The number of hydrogen-bond acceptors (Lipinski definition) is 7. The van der Waals surface area contributed by atoms with E-state index < -0.39 is 0 Å². The molecule has 7 nitrogen and oxygen atoms in total. The van der Waals surface area contributed by atoms with E-state index in [1.807, 2.05) is 0 Å². The van der Waals surface area contributed by atoms with Gasteiger partial charge in [-0.15, -0.1) is 0 Å². The van der Waals surface area contributed by atoms with Crippen molar-refractivity contribution in [2.24, 2.45) is 26.9 Å². The van der Waals surface area contributed by atoms with Gasteiger partial charge in [0, 0.05) is 54.3 Å².